The van der Waals surface area contributed by atoms with E-state index in [1.807, 2.05) is 32.1 Å². The Morgan fingerprint density at radius 2 is 1.89 bits per heavy atom. The molecule has 0 aromatic heterocycles. The van der Waals surface area contributed by atoms with E-state index in [1.165, 1.54) is 0 Å². The van der Waals surface area contributed by atoms with Crippen LogP contribution in [0.1, 0.15) is 39.5 Å². The van der Waals surface area contributed by atoms with E-state index in [0.717, 1.165) is 5.57 Å². The molecule has 0 bridgehead atoms. The van der Waals surface area contributed by atoms with Crippen LogP contribution in [0.5, 0.6) is 0 Å². The Hall–Kier alpha value is -1.10. The quantitative estimate of drug-likeness (QED) is 0.499. The summed E-state index contributed by atoms with van der Waals surface area (Å²) in [5.74, 6) is -1.62. The van der Waals surface area contributed by atoms with Crippen LogP contribution >= 0.6 is 15.9 Å². The van der Waals surface area contributed by atoms with Gasteiger partial charge in [-0.15, -0.1) is 0 Å². The molecule has 19 heavy (non-hydrogen) atoms. The zero-order chi connectivity index (χ0) is 14.9. The molecule has 1 unspecified atom stereocenters. The lowest BCUT2D eigenvalue weighted by Gasteiger charge is -2.20. The van der Waals surface area contributed by atoms with Crippen LogP contribution < -0.4 is 0 Å². The van der Waals surface area contributed by atoms with E-state index >= 15 is 0 Å². The van der Waals surface area contributed by atoms with Gasteiger partial charge in [0, 0.05) is 17.2 Å². The lowest BCUT2D eigenvalue weighted by molar-refractivity contribution is -0.139. The molecule has 0 aromatic carbocycles. The highest BCUT2D eigenvalue weighted by atomic mass is 79.9. The molecule has 0 saturated carbocycles. The molecule has 108 valence electrons. The summed E-state index contributed by atoms with van der Waals surface area (Å²) in [6.07, 6.45) is 7.21. The van der Waals surface area contributed by atoms with Gasteiger partial charge in [-0.05, 0) is 19.8 Å². The van der Waals surface area contributed by atoms with Crippen molar-refractivity contribution in [2.75, 3.05) is 5.33 Å². The van der Waals surface area contributed by atoms with Crippen molar-refractivity contribution in [2.24, 2.45) is 5.41 Å². The minimum absolute atomic E-state index is 0.0799. The fourth-order valence-electron chi connectivity index (χ4n) is 1.55. The van der Waals surface area contributed by atoms with Crippen LogP contribution in [-0.2, 0) is 9.59 Å². The first-order valence-electron chi connectivity index (χ1n) is 6.12. The van der Waals surface area contributed by atoms with Crippen molar-refractivity contribution in [3.63, 3.8) is 0 Å². The van der Waals surface area contributed by atoms with E-state index in [2.05, 4.69) is 15.9 Å². The first-order valence-corrected chi connectivity index (χ1v) is 7.24. The molecule has 0 heterocycles. The van der Waals surface area contributed by atoms with Crippen LogP contribution in [0.3, 0.4) is 0 Å². The third-order valence-corrected chi connectivity index (χ3v) is 3.95. The summed E-state index contributed by atoms with van der Waals surface area (Å²) in [6.45, 7) is 3.82. The molecule has 2 N–H and O–H groups in total. The summed E-state index contributed by atoms with van der Waals surface area (Å²) in [4.78, 5) is 21.1. The number of carboxylic acid groups (broad SMARTS) is 2. The van der Waals surface area contributed by atoms with Gasteiger partial charge in [-0.1, -0.05) is 46.7 Å². The highest BCUT2D eigenvalue weighted by Gasteiger charge is 2.22. The molecular weight excluding hydrogens is 312 g/mol. The van der Waals surface area contributed by atoms with Gasteiger partial charge in [0.1, 0.15) is 0 Å². The number of hydrogen-bond donors (Lipinski definition) is 2. The standard InChI is InChI=1S/C14H21BrO4/c1-11(5-3-7-12(16)17)6-4-8-14(2,10-15)9-13(18)19/h4-5,8H,3,6-7,9-10H2,1-2H3,(H,16,17)(H,18,19)/b8-4+,11-5+. The molecule has 0 aliphatic rings. The maximum Gasteiger partial charge on any atom is 0.304 e. The average molecular weight is 333 g/mol. The van der Waals surface area contributed by atoms with Crippen molar-refractivity contribution < 1.29 is 19.8 Å². The Balaban J connectivity index is 4.31. The van der Waals surface area contributed by atoms with Gasteiger partial charge in [-0.25, -0.2) is 0 Å². The molecular formula is C14H21BrO4. The predicted octanol–water partition coefficient (Wildman–Crippen LogP) is 3.62. The molecule has 0 spiro atoms. The van der Waals surface area contributed by atoms with Crippen molar-refractivity contribution >= 4 is 27.9 Å². The maximum atomic E-state index is 10.8. The van der Waals surface area contributed by atoms with Crippen molar-refractivity contribution in [2.45, 2.75) is 39.5 Å². The van der Waals surface area contributed by atoms with E-state index < -0.39 is 17.4 Å². The Labute approximate surface area is 122 Å². The van der Waals surface area contributed by atoms with Crippen LogP contribution in [-0.4, -0.2) is 27.5 Å². The van der Waals surface area contributed by atoms with Gasteiger partial charge in [-0.3, -0.25) is 9.59 Å². The highest BCUT2D eigenvalue weighted by molar-refractivity contribution is 9.09. The Kier molecular flexibility index (Phi) is 8.39. The zero-order valence-corrected chi connectivity index (χ0v) is 12.9. The van der Waals surface area contributed by atoms with Crippen LogP contribution in [0.15, 0.2) is 23.8 Å². The maximum absolute atomic E-state index is 10.8. The topological polar surface area (TPSA) is 74.6 Å². The molecule has 0 aliphatic heterocycles. The summed E-state index contributed by atoms with van der Waals surface area (Å²) >= 11 is 3.33. The molecule has 0 fully saturated rings. The second-order valence-corrected chi connectivity index (χ2v) is 5.51. The van der Waals surface area contributed by atoms with Gasteiger partial charge in [0.2, 0.25) is 0 Å². The van der Waals surface area contributed by atoms with Gasteiger partial charge in [0.25, 0.3) is 0 Å². The Morgan fingerprint density at radius 3 is 2.37 bits per heavy atom. The first kappa shape index (κ1) is 17.9. The molecule has 0 aliphatic carbocycles. The SMILES string of the molecule is C/C(=C\CCC(=O)O)C/C=C/C(C)(CBr)CC(=O)O. The number of alkyl halides is 1. The third-order valence-electron chi connectivity index (χ3n) is 2.67. The number of halogens is 1. The minimum Gasteiger partial charge on any atom is -0.481 e. The molecule has 4 nitrogen and oxygen atoms in total. The minimum atomic E-state index is -0.819. The van der Waals surface area contributed by atoms with Gasteiger partial charge < -0.3 is 10.2 Å². The molecule has 0 rings (SSSR count). The summed E-state index contributed by atoms with van der Waals surface area (Å²) in [5.41, 5.74) is 0.692. The van der Waals surface area contributed by atoms with Crippen molar-refractivity contribution in [1.82, 2.24) is 0 Å². The summed E-state index contributed by atoms with van der Waals surface area (Å²) in [6, 6.07) is 0. The molecule has 0 aromatic rings. The van der Waals surface area contributed by atoms with E-state index in [9.17, 15) is 9.59 Å². The molecule has 0 saturated heterocycles. The van der Waals surface area contributed by atoms with E-state index in [0.29, 0.717) is 18.2 Å². The second-order valence-electron chi connectivity index (χ2n) is 4.95. The molecule has 0 radical (unpaired) electrons. The average Bonchev–Trinajstić information content (AvgIpc) is 2.27. The predicted molar refractivity (Wildman–Crippen MR) is 78.5 cm³/mol. The number of aliphatic carboxylic acids is 2. The van der Waals surface area contributed by atoms with Crippen LogP contribution in [0.25, 0.3) is 0 Å². The van der Waals surface area contributed by atoms with Crippen LogP contribution in [0.2, 0.25) is 0 Å². The number of allylic oxidation sites excluding steroid dienone is 4. The smallest absolute Gasteiger partial charge is 0.304 e. The lowest BCUT2D eigenvalue weighted by Crippen LogP contribution is -2.19. The van der Waals surface area contributed by atoms with Crippen molar-refractivity contribution in [3.05, 3.63) is 23.8 Å². The number of carboxylic acids is 2. The largest absolute Gasteiger partial charge is 0.481 e. The van der Waals surface area contributed by atoms with Crippen LogP contribution in [0.4, 0.5) is 0 Å². The van der Waals surface area contributed by atoms with Gasteiger partial charge in [0.15, 0.2) is 0 Å². The van der Waals surface area contributed by atoms with E-state index in [1.54, 1.807) is 0 Å². The second kappa shape index (κ2) is 8.91. The molecule has 0 amide bonds. The third kappa shape index (κ3) is 9.47. The number of rotatable bonds is 9. The Bertz CT molecular complexity index is 374. The van der Waals surface area contributed by atoms with Crippen molar-refractivity contribution in [3.8, 4) is 0 Å². The normalized spacial score (nSPS) is 15.4. The monoisotopic (exact) mass is 332 g/mol. The van der Waals surface area contributed by atoms with Gasteiger partial charge in [0.05, 0.1) is 6.42 Å². The zero-order valence-electron chi connectivity index (χ0n) is 11.4. The highest BCUT2D eigenvalue weighted by Crippen LogP contribution is 2.26. The lowest BCUT2D eigenvalue weighted by atomic mass is 9.88. The molecule has 5 heteroatoms. The molecule has 1 atom stereocenters. The van der Waals surface area contributed by atoms with Gasteiger partial charge >= 0.3 is 11.9 Å². The van der Waals surface area contributed by atoms with Crippen LogP contribution in [0, 0.1) is 5.41 Å². The van der Waals surface area contributed by atoms with Gasteiger partial charge in [-0.2, -0.15) is 0 Å². The van der Waals surface area contributed by atoms with E-state index in [4.69, 9.17) is 10.2 Å². The summed E-state index contributed by atoms with van der Waals surface area (Å²) in [7, 11) is 0. The van der Waals surface area contributed by atoms with Crippen molar-refractivity contribution in [1.29, 1.82) is 0 Å². The summed E-state index contributed by atoms with van der Waals surface area (Å²) in [5, 5.41) is 17.9. The van der Waals surface area contributed by atoms with E-state index in [-0.39, 0.29) is 12.8 Å². The number of hydrogen-bond acceptors (Lipinski definition) is 2. The number of carbonyl (C=O) groups is 2. The Morgan fingerprint density at radius 1 is 1.26 bits per heavy atom. The first-order chi connectivity index (χ1) is 8.79. The summed E-state index contributed by atoms with van der Waals surface area (Å²) < 4.78 is 0. The fourth-order valence-corrected chi connectivity index (χ4v) is 1.94. The fraction of sp³-hybridized carbons (Fsp3) is 0.571.